The lowest BCUT2D eigenvalue weighted by Gasteiger charge is -2.17. The van der Waals surface area contributed by atoms with Gasteiger partial charge in [0.2, 0.25) is 0 Å². The average molecular weight is 443 g/mol. The number of nitrogens with one attached hydrogen (secondary N) is 2. The Labute approximate surface area is 191 Å². The number of para-hydroxylation sites is 2. The zero-order chi connectivity index (χ0) is 22.9. The Hall–Kier alpha value is -3.87. The van der Waals surface area contributed by atoms with Crippen molar-refractivity contribution in [1.82, 2.24) is 14.6 Å². The number of aromatic amines is 1. The predicted molar refractivity (Wildman–Crippen MR) is 128 cm³/mol. The monoisotopic (exact) mass is 442 g/mol. The van der Waals surface area contributed by atoms with E-state index in [1.54, 1.807) is 13.0 Å². The third kappa shape index (κ3) is 3.91. The highest BCUT2D eigenvalue weighted by Gasteiger charge is 2.23. The van der Waals surface area contributed by atoms with Crippen molar-refractivity contribution in [3.63, 3.8) is 0 Å². The Morgan fingerprint density at radius 2 is 1.76 bits per heavy atom. The minimum Gasteiger partial charge on any atom is -0.488 e. The van der Waals surface area contributed by atoms with Crippen molar-refractivity contribution in [1.29, 1.82) is 0 Å². The largest absolute Gasteiger partial charge is 0.488 e. The minimum atomic E-state index is -0.504. The molecule has 1 fully saturated rings. The fourth-order valence-corrected chi connectivity index (χ4v) is 4.55. The van der Waals surface area contributed by atoms with E-state index in [1.165, 1.54) is 4.52 Å². The van der Waals surface area contributed by atoms with Crippen LogP contribution in [0.5, 0.6) is 5.75 Å². The summed E-state index contributed by atoms with van der Waals surface area (Å²) >= 11 is 0. The van der Waals surface area contributed by atoms with E-state index in [2.05, 4.69) is 15.4 Å². The van der Waals surface area contributed by atoms with Crippen LogP contribution in [0.2, 0.25) is 0 Å². The molecule has 0 spiro atoms. The molecule has 0 aliphatic heterocycles. The van der Waals surface area contributed by atoms with Crippen molar-refractivity contribution >= 4 is 17.2 Å². The number of hydrogen-bond donors (Lipinski definition) is 2. The number of H-pyrrole nitrogens is 1. The number of anilines is 1. The molecule has 0 atom stereocenters. The van der Waals surface area contributed by atoms with Gasteiger partial charge in [-0.3, -0.25) is 14.7 Å². The number of carbonyl (C=O) groups is 1. The minimum absolute atomic E-state index is 0.00373. The Bertz CT molecular complexity index is 1380. The smallest absolute Gasteiger partial charge is 0.285 e. The molecule has 2 aromatic carbocycles. The molecule has 1 amide bonds. The van der Waals surface area contributed by atoms with Gasteiger partial charge in [0.25, 0.3) is 11.5 Å². The molecule has 2 heterocycles. The van der Waals surface area contributed by atoms with Crippen LogP contribution in [0.4, 0.5) is 5.69 Å². The van der Waals surface area contributed by atoms with Crippen molar-refractivity contribution in [2.45, 2.75) is 45.6 Å². The number of rotatable bonds is 5. The lowest BCUT2D eigenvalue weighted by atomic mass is 10.1. The maximum Gasteiger partial charge on any atom is 0.285 e. The van der Waals surface area contributed by atoms with Crippen LogP contribution < -0.4 is 15.6 Å². The zero-order valence-electron chi connectivity index (χ0n) is 18.7. The summed E-state index contributed by atoms with van der Waals surface area (Å²) < 4.78 is 7.47. The first kappa shape index (κ1) is 21.0. The van der Waals surface area contributed by atoms with Crippen LogP contribution in [-0.2, 0) is 0 Å². The van der Waals surface area contributed by atoms with Gasteiger partial charge in [0.05, 0.1) is 17.5 Å². The lowest BCUT2D eigenvalue weighted by Crippen LogP contribution is -2.29. The first-order chi connectivity index (χ1) is 16.0. The van der Waals surface area contributed by atoms with Crippen LogP contribution in [0.1, 0.15) is 47.4 Å². The van der Waals surface area contributed by atoms with Crippen LogP contribution >= 0.6 is 0 Å². The van der Waals surface area contributed by atoms with Gasteiger partial charge >= 0.3 is 0 Å². The summed E-state index contributed by atoms with van der Waals surface area (Å²) in [6.45, 7) is 3.58. The maximum atomic E-state index is 13.3. The number of nitrogens with zero attached hydrogens (tertiary/aromatic N) is 2. The van der Waals surface area contributed by atoms with Crippen LogP contribution in [0, 0.1) is 13.8 Å². The summed E-state index contributed by atoms with van der Waals surface area (Å²) in [6.07, 6.45) is 4.49. The van der Waals surface area contributed by atoms with Crippen molar-refractivity contribution in [3.8, 4) is 16.9 Å². The van der Waals surface area contributed by atoms with Crippen LogP contribution in [0.3, 0.4) is 0 Å². The second kappa shape index (κ2) is 8.58. The number of benzene rings is 2. The van der Waals surface area contributed by atoms with Gasteiger partial charge in [0, 0.05) is 11.3 Å². The number of hydrogen-bond acceptors (Lipinski definition) is 4. The first-order valence-corrected chi connectivity index (χ1v) is 11.3. The highest BCUT2D eigenvalue weighted by molar-refractivity contribution is 6.05. The van der Waals surface area contributed by atoms with Crippen LogP contribution in [0.15, 0.2) is 59.4 Å². The topological polar surface area (TPSA) is 88.5 Å². The molecule has 0 bridgehead atoms. The Kier molecular flexibility index (Phi) is 5.46. The van der Waals surface area contributed by atoms with E-state index in [0.29, 0.717) is 22.8 Å². The molecule has 0 saturated heterocycles. The van der Waals surface area contributed by atoms with Gasteiger partial charge in [0.15, 0.2) is 5.65 Å². The highest BCUT2D eigenvalue weighted by atomic mass is 16.5. The average Bonchev–Trinajstić information content (AvgIpc) is 3.43. The highest BCUT2D eigenvalue weighted by Crippen LogP contribution is 2.30. The summed E-state index contributed by atoms with van der Waals surface area (Å²) in [5.41, 5.74) is 3.60. The summed E-state index contributed by atoms with van der Waals surface area (Å²) in [6, 6.07) is 17.1. The molecule has 168 valence electrons. The Balaban J connectivity index is 1.51. The molecule has 7 heteroatoms. The molecule has 4 aromatic rings. The van der Waals surface area contributed by atoms with E-state index in [4.69, 9.17) is 4.74 Å². The molecule has 1 aliphatic rings. The molecule has 7 nitrogen and oxygen atoms in total. The molecule has 2 N–H and O–H groups in total. The van der Waals surface area contributed by atoms with Gasteiger partial charge < -0.3 is 10.1 Å². The van der Waals surface area contributed by atoms with Gasteiger partial charge in [-0.05, 0) is 57.2 Å². The van der Waals surface area contributed by atoms with Gasteiger partial charge in [0.1, 0.15) is 11.3 Å². The van der Waals surface area contributed by atoms with E-state index >= 15 is 0 Å². The van der Waals surface area contributed by atoms with Gasteiger partial charge in [-0.1, -0.05) is 42.5 Å². The second-order valence-corrected chi connectivity index (χ2v) is 8.49. The molecule has 0 radical (unpaired) electrons. The van der Waals surface area contributed by atoms with E-state index in [1.807, 2.05) is 55.5 Å². The van der Waals surface area contributed by atoms with Crippen molar-refractivity contribution in [3.05, 3.63) is 81.9 Å². The molecule has 5 rings (SSSR count). The molecule has 2 aromatic heterocycles. The quantitative estimate of drug-likeness (QED) is 0.461. The van der Waals surface area contributed by atoms with E-state index in [0.717, 1.165) is 42.5 Å². The SMILES string of the molecule is Cc1nc2c(-c3ccccc3)c(C)[nH]n2c(=O)c1C(=O)Nc1ccccc1OC1CCCC1. The standard InChI is InChI=1S/C26H26N4O3/c1-16-23(25(31)28-20-14-8-9-15-21(20)33-19-12-6-7-13-19)26(32)30-24(27-16)22(17(2)29-30)18-10-4-3-5-11-18/h3-5,8-11,14-15,19,29H,6-7,12-13H2,1-2H3,(H,28,31). The third-order valence-corrected chi connectivity index (χ3v) is 6.16. The fourth-order valence-electron chi connectivity index (χ4n) is 4.55. The summed E-state index contributed by atoms with van der Waals surface area (Å²) in [5, 5.41) is 5.95. The molecular weight excluding hydrogens is 416 g/mol. The number of aromatic nitrogens is 3. The number of aryl methyl sites for hydroxylation is 2. The zero-order valence-corrected chi connectivity index (χ0v) is 18.7. The van der Waals surface area contributed by atoms with E-state index in [9.17, 15) is 9.59 Å². The molecule has 1 aliphatic carbocycles. The van der Waals surface area contributed by atoms with Crippen molar-refractivity contribution < 1.29 is 9.53 Å². The molecule has 33 heavy (non-hydrogen) atoms. The van der Waals surface area contributed by atoms with Gasteiger partial charge in [-0.15, -0.1) is 0 Å². The number of amides is 1. The van der Waals surface area contributed by atoms with Gasteiger partial charge in [-0.25, -0.2) is 9.50 Å². The molecule has 0 unspecified atom stereocenters. The second-order valence-electron chi connectivity index (χ2n) is 8.49. The Morgan fingerprint density at radius 3 is 2.52 bits per heavy atom. The first-order valence-electron chi connectivity index (χ1n) is 11.3. The van der Waals surface area contributed by atoms with Crippen molar-refractivity contribution in [2.24, 2.45) is 0 Å². The number of ether oxygens (including phenoxy) is 1. The lowest BCUT2D eigenvalue weighted by molar-refractivity contribution is 0.102. The van der Waals surface area contributed by atoms with Crippen molar-refractivity contribution in [2.75, 3.05) is 5.32 Å². The normalized spacial score (nSPS) is 14.0. The number of fused-ring (bicyclic) bond motifs is 1. The van der Waals surface area contributed by atoms with Crippen LogP contribution in [0.25, 0.3) is 16.8 Å². The summed E-state index contributed by atoms with van der Waals surface area (Å²) in [5.74, 6) is 0.113. The fraction of sp³-hybridized carbons (Fsp3) is 0.269. The Morgan fingerprint density at radius 1 is 1.06 bits per heavy atom. The third-order valence-electron chi connectivity index (χ3n) is 6.16. The molecular formula is C26H26N4O3. The van der Waals surface area contributed by atoms with Crippen LogP contribution in [-0.4, -0.2) is 26.6 Å². The number of carbonyl (C=O) groups excluding carboxylic acids is 1. The van der Waals surface area contributed by atoms with E-state index < -0.39 is 11.5 Å². The molecule has 1 saturated carbocycles. The van der Waals surface area contributed by atoms with E-state index in [-0.39, 0.29) is 11.7 Å². The summed E-state index contributed by atoms with van der Waals surface area (Å²) in [7, 11) is 0. The predicted octanol–water partition coefficient (Wildman–Crippen LogP) is 4.88. The van der Waals surface area contributed by atoms with Gasteiger partial charge in [-0.2, -0.15) is 0 Å². The summed E-state index contributed by atoms with van der Waals surface area (Å²) in [4.78, 5) is 31.2. The maximum absolute atomic E-state index is 13.3.